The fourth-order valence-electron chi connectivity index (χ4n) is 3.73. The number of carbonyl (C=O) groups excluding carboxylic acids is 1. The smallest absolute Gasteiger partial charge is 0.340 e. The van der Waals surface area contributed by atoms with E-state index in [1.54, 1.807) is 25.8 Å². The largest absolute Gasteiger partial charge is 0.490 e. The van der Waals surface area contributed by atoms with Crippen molar-refractivity contribution in [3.05, 3.63) is 65.7 Å². The molecule has 0 radical (unpaired) electrons. The number of nitrogens with zero attached hydrogens (tertiary/aromatic N) is 2. The Morgan fingerprint density at radius 1 is 0.941 bits per heavy atom. The Balaban J connectivity index is 0.000000296. The molecule has 2 aromatic rings. The monoisotopic (exact) mass is 464 g/mol. The topological polar surface area (TPSA) is 109 Å². The van der Waals surface area contributed by atoms with Crippen molar-refractivity contribution < 1.29 is 17.0 Å². The van der Waals surface area contributed by atoms with Gasteiger partial charge in [0.2, 0.25) is 0 Å². The van der Waals surface area contributed by atoms with E-state index in [2.05, 4.69) is 30.4 Å². The number of aromatic nitrogens is 2. The van der Waals surface area contributed by atoms with Gasteiger partial charge in [-0.25, -0.2) is 4.79 Å². The average Bonchev–Trinajstić information content (AvgIpc) is 2.85. The molecule has 0 saturated heterocycles. The van der Waals surface area contributed by atoms with Crippen LogP contribution in [0.4, 0.5) is 0 Å². The Hall–Kier alpha value is -2.96. The molecule has 0 spiro atoms. The summed E-state index contributed by atoms with van der Waals surface area (Å²) in [6.07, 6.45) is 2.24. The van der Waals surface area contributed by atoms with Crippen LogP contribution in [0.25, 0.3) is 5.76 Å². The predicted molar refractivity (Wildman–Crippen MR) is 138 cm³/mol. The Kier molecular flexibility index (Phi) is 11.4. The second-order valence-electron chi connectivity index (χ2n) is 7.74. The Morgan fingerprint density at radius 2 is 1.35 bits per heavy atom. The van der Waals surface area contributed by atoms with Crippen LogP contribution < -0.4 is 0 Å². The molecule has 4 rings (SSSR count). The van der Waals surface area contributed by atoms with Crippen molar-refractivity contribution >= 4 is 25.9 Å². The second kappa shape index (κ2) is 15.0. The molecule has 9 heteroatoms. The molecule has 0 saturated carbocycles. The summed E-state index contributed by atoms with van der Waals surface area (Å²) in [6, 6.07) is 6.68. The van der Waals surface area contributed by atoms with Crippen molar-refractivity contribution in [1.29, 1.82) is 10.6 Å². The minimum absolute atomic E-state index is 0.0769. The van der Waals surface area contributed by atoms with Crippen LogP contribution in [0.15, 0.2) is 43.2 Å². The number of rotatable bonds is 2. The summed E-state index contributed by atoms with van der Waals surface area (Å²) >= 11 is 0. The van der Waals surface area contributed by atoms with Crippen LogP contribution >= 0.6 is 0 Å². The van der Waals surface area contributed by atoms with Gasteiger partial charge in [-0.15, -0.1) is 0 Å². The van der Waals surface area contributed by atoms with E-state index >= 15 is 0 Å². The maximum absolute atomic E-state index is 11.6. The normalized spacial score (nSPS) is 22.3. The molecule has 34 heavy (non-hydrogen) atoms. The predicted octanol–water partition coefficient (Wildman–Crippen LogP) is 6.10. The summed E-state index contributed by atoms with van der Waals surface area (Å²) in [7, 11) is 2.50. The van der Waals surface area contributed by atoms with Gasteiger partial charge in [0.05, 0.1) is 19.7 Å². The van der Waals surface area contributed by atoms with E-state index in [1.165, 1.54) is 20.2 Å². The molecule has 0 fully saturated rings. The van der Waals surface area contributed by atoms with Gasteiger partial charge < -0.3 is 9.47 Å². The van der Waals surface area contributed by atoms with Crippen molar-refractivity contribution in [3.63, 3.8) is 0 Å². The molecule has 4 heterocycles. The van der Waals surface area contributed by atoms with Gasteiger partial charge in [0.25, 0.3) is 0 Å². The van der Waals surface area contributed by atoms with Crippen molar-refractivity contribution in [2.45, 2.75) is 78.2 Å². The molecule has 4 atom stereocenters. The van der Waals surface area contributed by atoms with E-state index in [9.17, 15) is 4.79 Å². The molecule has 7 nitrogen and oxygen atoms in total. The zero-order valence-electron chi connectivity index (χ0n) is 23.0. The van der Waals surface area contributed by atoms with Gasteiger partial charge >= 0.3 is 44.4 Å². The SMILES string of the molecule is CB=N.CB=N.[2H]c1ccc2c(n1)[C@@H](C)[C@H](CC)OC2=O.[2H]c1ccc2c(n1)[C@H](C)[C@@H](CC)OC2=C. The number of ether oxygens (including phenoxy) is 2. The van der Waals surface area contributed by atoms with Crippen LogP contribution in [0.5, 0.6) is 0 Å². The minimum atomic E-state index is -0.317. The van der Waals surface area contributed by atoms with Crippen molar-refractivity contribution in [1.82, 2.24) is 9.97 Å². The number of nitrogens with one attached hydrogen (secondary N) is 2. The van der Waals surface area contributed by atoms with Crippen molar-refractivity contribution in [3.8, 4) is 0 Å². The molecule has 2 aliphatic rings. The molecule has 2 aliphatic heterocycles. The van der Waals surface area contributed by atoms with Crippen LogP contribution in [0.1, 0.15) is 82.4 Å². The number of esters is 1. The summed E-state index contributed by atoms with van der Waals surface area (Å²) in [5.74, 6) is 0.679. The summed E-state index contributed by atoms with van der Waals surface area (Å²) in [5, 5.41) is 12.2. The molecule has 0 aromatic carbocycles. The number of carbonyl (C=O) groups is 1. The van der Waals surface area contributed by atoms with Gasteiger partial charge in [-0.05, 0) is 37.1 Å². The average molecular weight is 464 g/mol. The van der Waals surface area contributed by atoms with Crippen LogP contribution in [0, 0.1) is 10.6 Å². The zero-order valence-corrected chi connectivity index (χ0v) is 21.0. The van der Waals surface area contributed by atoms with Crippen molar-refractivity contribution in [2.75, 3.05) is 0 Å². The number of hydrogen-bond donors (Lipinski definition) is 2. The molecule has 0 amide bonds. The second-order valence-corrected chi connectivity index (χ2v) is 7.74. The number of hydrogen-bond acceptors (Lipinski definition) is 7. The summed E-state index contributed by atoms with van der Waals surface area (Å²) < 4.78 is 26.0. The first-order valence-electron chi connectivity index (χ1n) is 12.5. The van der Waals surface area contributed by atoms with E-state index in [0.717, 1.165) is 24.1 Å². The number of pyridine rings is 2. The van der Waals surface area contributed by atoms with Crippen molar-refractivity contribution in [2.24, 2.45) is 0 Å². The standard InChI is InChI=1S/C12H15NO.C11H13NO2.2CH4BN/c1-4-11-8(2)12-10(9(3)14-11)6-5-7-13-12;1-3-9-7(2)10-8(11(13)14-9)5-4-6-12-10;2*1-2-3/h5-8,11H,3-4H2,1-2H3;4-7,9H,3H2,1-2H3;2*3H,1H3/t8-,11-;7-,9-;;/m10../s1/i7D;6D;;. The van der Waals surface area contributed by atoms with E-state index in [1.807, 2.05) is 19.9 Å². The van der Waals surface area contributed by atoms with E-state index in [-0.39, 0.29) is 36.2 Å². The van der Waals surface area contributed by atoms with Crippen LogP contribution in [-0.2, 0) is 9.47 Å². The summed E-state index contributed by atoms with van der Waals surface area (Å²) in [4.78, 5) is 20.0. The Labute approximate surface area is 207 Å². The third-order valence-corrected chi connectivity index (χ3v) is 5.43. The first kappa shape index (κ1) is 25.7. The maximum Gasteiger partial charge on any atom is 0.340 e. The molecule has 0 unspecified atom stereocenters. The van der Waals surface area contributed by atoms with Gasteiger partial charge in [0.1, 0.15) is 18.0 Å². The Bertz CT molecular complexity index is 988. The molecule has 0 aliphatic carbocycles. The molecule has 2 N–H and O–H groups in total. The van der Waals surface area contributed by atoms with Gasteiger partial charge in [-0.2, -0.15) is 0 Å². The van der Waals surface area contributed by atoms with Crippen LogP contribution in [-0.4, -0.2) is 42.3 Å². The fraction of sp³-hybridized carbons (Fsp3) is 0.480. The van der Waals surface area contributed by atoms with Crippen LogP contribution in [0.3, 0.4) is 0 Å². The Morgan fingerprint density at radius 3 is 1.82 bits per heavy atom. The zero-order chi connectivity index (χ0) is 27.4. The molecular formula is C25H36B2N4O3. The van der Waals surface area contributed by atoms with Gasteiger partial charge in [0.15, 0.2) is 0 Å². The third-order valence-electron chi connectivity index (χ3n) is 5.43. The third kappa shape index (κ3) is 7.54. The number of fused-ring (bicyclic) bond motifs is 2. The maximum atomic E-state index is 11.6. The number of cyclic esters (lactones) is 1. The molecule has 180 valence electrons. The quantitative estimate of drug-likeness (QED) is 0.412. The fourth-order valence-corrected chi connectivity index (χ4v) is 3.73. The van der Waals surface area contributed by atoms with E-state index in [4.69, 9.17) is 22.8 Å². The molecule has 0 bridgehead atoms. The van der Waals surface area contributed by atoms with E-state index in [0.29, 0.717) is 23.2 Å². The minimum Gasteiger partial charge on any atom is -0.490 e. The van der Waals surface area contributed by atoms with Gasteiger partial charge in [-0.1, -0.05) is 34.3 Å². The van der Waals surface area contributed by atoms with Crippen LogP contribution in [0.2, 0.25) is 13.6 Å². The van der Waals surface area contributed by atoms with Gasteiger partial charge in [0, 0.05) is 29.7 Å². The molecule has 2 aromatic heterocycles. The first-order valence-corrected chi connectivity index (χ1v) is 11.5. The van der Waals surface area contributed by atoms with Gasteiger partial charge in [-0.3, -0.25) is 9.97 Å². The summed E-state index contributed by atoms with van der Waals surface area (Å²) in [6.45, 7) is 15.4. The molecular weight excluding hydrogens is 426 g/mol. The summed E-state index contributed by atoms with van der Waals surface area (Å²) in [5.41, 5.74) is 3.10. The first-order chi connectivity index (χ1) is 17.1. The van der Waals surface area contributed by atoms with E-state index < -0.39 is 0 Å².